The largest absolute Gasteiger partial charge is 0.345 e. The van der Waals surface area contributed by atoms with Gasteiger partial charge < -0.3 is 10.6 Å². The lowest BCUT2D eigenvalue weighted by atomic mass is 10.1. The van der Waals surface area contributed by atoms with Gasteiger partial charge in [0.25, 0.3) is 0 Å². The fourth-order valence-corrected chi connectivity index (χ4v) is 2.60. The summed E-state index contributed by atoms with van der Waals surface area (Å²) in [4.78, 5) is 17.6. The molecule has 5 heteroatoms. The van der Waals surface area contributed by atoms with Crippen molar-refractivity contribution in [3.05, 3.63) is 15.6 Å². The number of hydrogen-bond donors (Lipinski definition) is 2. The van der Waals surface area contributed by atoms with Gasteiger partial charge in [-0.2, -0.15) is 0 Å². The van der Waals surface area contributed by atoms with E-state index in [0.717, 1.165) is 23.7 Å². The molecule has 0 atom stereocenters. The lowest BCUT2D eigenvalue weighted by molar-refractivity contribution is -0.122. The monoisotopic (exact) mass is 269 g/mol. The average Bonchev–Trinajstić information content (AvgIpc) is 2.60. The van der Waals surface area contributed by atoms with Gasteiger partial charge in [-0.05, 0) is 47.7 Å². The molecule has 0 aliphatic heterocycles. The number of carbonyl (C=O) groups is 1. The summed E-state index contributed by atoms with van der Waals surface area (Å²) in [6.45, 7) is 8.92. The second-order valence-corrected chi connectivity index (χ2v) is 6.24. The highest BCUT2D eigenvalue weighted by atomic mass is 32.1. The van der Waals surface area contributed by atoms with Gasteiger partial charge in [0.05, 0.1) is 11.2 Å². The molecule has 1 rings (SSSR count). The van der Waals surface area contributed by atoms with Gasteiger partial charge in [0, 0.05) is 11.3 Å². The Balaban J connectivity index is 2.61. The molecule has 1 aromatic heterocycles. The van der Waals surface area contributed by atoms with Crippen molar-refractivity contribution in [2.75, 3.05) is 13.6 Å². The van der Waals surface area contributed by atoms with Crippen molar-refractivity contribution in [3.8, 4) is 0 Å². The van der Waals surface area contributed by atoms with Gasteiger partial charge in [-0.15, -0.1) is 11.3 Å². The molecule has 1 amide bonds. The highest BCUT2D eigenvalue weighted by molar-refractivity contribution is 7.11. The molecule has 0 saturated heterocycles. The zero-order chi connectivity index (χ0) is 13.8. The Labute approximate surface area is 113 Å². The molecule has 0 radical (unpaired) electrons. The first-order chi connectivity index (χ1) is 8.36. The number of aryl methyl sites for hydroxylation is 2. The van der Waals surface area contributed by atoms with Crippen molar-refractivity contribution in [2.24, 2.45) is 0 Å². The van der Waals surface area contributed by atoms with Crippen molar-refractivity contribution in [2.45, 2.75) is 46.1 Å². The highest BCUT2D eigenvalue weighted by Gasteiger charge is 2.26. The third-order valence-electron chi connectivity index (χ3n) is 2.85. The summed E-state index contributed by atoms with van der Waals surface area (Å²) in [5.41, 5.74) is 0.660. The van der Waals surface area contributed by atoms with E-state index in [1.807, 2.05) is 27.8 Å². The molecular weight excluding hydrogens is 246 g/mol. The fraction of sp³-hybridized carbons (Fsp3) is 0.692. The van der Waals surface area contributed by atoms with E-state index in [1.165, 1.54) is 4.88 Å². The van der Waals surface area contributed by atoms with E-state index in [0.29, 0.717) is 6.42 Å². The molecule has 4 nitrogen and oxygen atoms in total. The second-order valence-electron chi connectivity index (χ2n) is 5.04. The molecular formula is C13H23N3OS. The highest BCUT2D eigenvalue weighted by Crippen LogP contribution is 2.27. The summed E-state index contributed by atoms with van der Waals surface area (Å²) in [5.74, 6) is 0.0840. The van der Waals surface area contributed by atoms with Crippen LogP contribution in [0.2, 0.25) is 0 Å². The predicted molar refractivity (Wildman–Crippen MR) is 75.9 cm³/mol. The van der Waals surface area contributed by atoms with Crippen LogP contribution < -0.4 is 10.6 Å². The number of rotatable bonds is 6. The lowest BCUT2D eigenvalue weighted by Crippen LogP contribution is -2.41. The maximum absolute atomic E-state index is 11.8. The van der Waals surface area contributed by atoms with E-state index in [1.54, 1.807) is 11.3 Å². The molecule has 18 heavy (non-hydrogen) atoms. The Morgan fingerprint density at radius 3 is 2.56 bits per heavy atom. The van der Waals surface area contributed by atoms with Crippen LogP contribution >= 0.6 is 11.3 Å². The van der Waals surface area contributed by atoms with Crippen LogP contribution in [0.1, 0.15) is 42.3 Å². The van der Waals surface area contributed by atoms with Crippen molar-refractivity contribution in [3.63, 3.8) is 0 Å². The van der Waals surface area contributed by atoms with Crippen LogP contribution in [-0.4, -0.2) is 24.5 Å². The van der Waals surface area contributed by atoms with Crippen LogP contribution in [0.3, 0.4) is 0 Å². The molecule has 0 spiro atoms. The summed E-state index contributed by atoms with van der Waals surface area (Å²) in [7, 11) is 1.89. The van der Waals surface area contributed by atoms with Gasteiger partial charge in [0.15, 0.2) is 0 Å². The average molecular weight is 269 g/mol. The Hall–Kier alpha value is -0.940. The quantitative estimate of drug-likeness (QED) is 0.778. The van der Waals surface area contributed by atoms with Gasteiger partial charge in [-0.25, -0.2) is 4.98 Å². The van der Waals surface area contributed by atoms with Crippen LogP contribution in [0.25, 0.3) is 0 Å². The molecule has 1 aromatic rings. The minimum absolute atomic E-state index is 0.0840. The van der Waals surface area contributed by atoms with E-state index in [9.17, 15) is 4.79 Å². The third-order valence-corrected chi connectivity index (χ3v) is 4.24. The van der Waals surface area contributed by atoms with E-state index >= 15 is 0 Å². The van der Waals surface area contributed by atoms with Gasteiger partial charge >= 0.3 is 0 Å². The molecule has 0 aliphatic carbocycles. The van der Waals surface area contributed by atoms with Gasteiger partial charge in [0.2, 0.25) is 5.91 Å². The topological polar surface area (TPSA) is 54.0 Å². The summed E-state index contributed by atoms with van der Waals surface area (Å²) in [6.07, 6.45) is 1.40. The Morgan fingerprint density at radius 1 is 1.39 bits per heavy atom. The molecule has 0 fully saturated rings. The van der Waals surface area contributed by atoms with Crippen molar-refractivity contribution in [1.29, 1.82) is 0 Å². The number of hydrogen-bond acceptors (Lipinski definition) is 4. The van der Waals surface area contributed by atoms with Gasteiger partial charge in [-0.3, -0.25) is 4.79 Å². The number of amides is 1. The molecule has 0 bridgehead atoms. The molecule has 0 saturated carbocycles. The minimum atomic E-state index is -0.388. The van der Waals surface area contributed by atoms with Crippen molar-refractivity contribution < 1.29 is 4.79 Å². The minimum Gasteiger partial charge on any atom is -0.345 e. The number of aromatic nitrogens is 1. The molecule has 0 unspecified atom stereocenters. The molecule has 2 N–H and O–H groups in total. The van der Waals surface area contributed by atoms with Gasteiger partial charge in [0.1, 0.15) is 5.01 Å². The summed E-state index contributed by atoms with van der Waals surface area (Å²) >= 11 is 1.65. The van der Waals surface area contributed by atoms with Crippen LogP contribution in [0, 0.1) is 13.8 Å². The van der Waals surface area contributed by atoms with Crippen molar-refractivity contribution >= 4 is 17.2 Å². The summed E-state index contributed by atoms with van der Waals surface area (Å²) in [5, 5.41) is 7.06. The predicted octanol–water partition coefficient (Wildman–Crippen LogP) is 2.11. The maximum Gasteiger partial charge on any atom is 0.220 e. The standard InChI is InChI=1S/C13H23N3OS/c1-9-10(2)18-12(15-9)13(3,4)16-11(17)7-6-8-14-5/h14H,6-8H2,1-5H3,(H,16,17). The van der Waals surface area contributed by atoms with Crippen LogP contribution in [-0.2, 0) is 10.3 Å². The smallest absolute Gasteiger partial charge is 0.220 e. The molecule has 0 aliphatic rings. The summed E-state index contributed by atoms with van der Waals surface area (Å²) in [6, 6.07) is 0. The molecule has 1 heterocycles. The number of nitrogens with zero attached hydrogens (tertiary/aromatic N) is 1. The van der Waals surface area contributed by atoms with Gasteiger partial charge in [-0.1, -0.05) is 0 Å². The first-order valence-corrected chi connectivity index (χ1v) is 7.08. The zero-order valence-corrected chi connectivity index (χ0v) is 12.7. The first-order valence-electron chi connectivity index (χ1n) is 6.27. The van der Waals surface area contributed by atoms with E-state index in [4.69, 9.17) is 0 Å². The SMILES string of the molecule is CNCCCC(=O)NC(C)(C)c1nc(C)c(C)s1. The number of nitrogens with one attached hydrogen (secondary N) is 2. The number of carbonyl (C=O) groups excluding carboxylic acids is 1. The Morgan fingerprint density at radius 2 is 2.06 bits per heavy atom. The Kier molecular flexibility index (Phi) is 5.28. The van der Waals surface area contributed by atoms with E-state index in [-0.39, 0.29) is 11.4 Å². The van der Waals surface area contributed by atoms with E-state index in [2.05, 4.69) is 22.5 Å². The first kappa shape index (κ1) is 15.1. The molecule has 102 valence electrons. The lowest BCUT2D eigenvalue weighted by Gasteiger charge is -2.23. The Bertz CT molecular complexity index is 393. The fourth-order valence-electron chi connectivity index (χ4n) is 1.63. The maximum atomic E-state index is 11.8. The third kappa shape index (κ3) is 4.07. The van der Waals surface area contributed by atoms with Crippen LogP contribution in [0.5, 0.6) is 0 Å². The normalized spacial score (nSPS) is 11.6. The van der Waals surface area contributed by atoms with E-state index < -0.39 is 0 Å². The van der Waals surface area contributed by atoms with Crippen LogP contribution in [0.4, 0.5) is 0 Å². The second kappa shape index (κ2) is 6.29. The number of thiazole rings is 1. The molecule has 0 aromatic carbocycles. The van der Waals surface area contributed by atoms with Crippen LogP contribution in [0.15, 0.2) is 0 Å². The summed E-state index contributed by atoms with van der Waals surface area (Å²) < 4.78 is 0. The zero-order valence-electron chi connectivity index (χ0n) is 11.9. The van der Waals surface area contributed by atoms with Crippen molar-refractivity contribution in [1.82, 2.24) is 15.6 Å².